The molecule has 3 N–H and O–H groups in total. The lowest BCUT2D eigenvalue weighted by Gasteiger charge is -2.10. The molecule has 0 saturated heterocycles. The predicted molar refractivity (Wildman–Crippen MR) is 113 cm³/mol. The summed E-state index contributed by atoms with van der Waals surface area (Å²) < 4.78 is 40.5. The van der Waals surface area contributed by atoms with E-state index in [0.717, 1.165) is 24.3 Å². The lowest BCUT2D eigenvalue weighted by Crippen LogP contribution is -2.41. The molecule has 0 aliphatic rings. The Labute approximate surface area is 180 Å². The molecule has 3 rings (SSSR count). The van der Waals surface area contributed by atoms with Crippen molar-refractivity contribution in [1.29, 1.82) is 0 Å². The van der Waals surface area contributed by atoms with Crippen LogP contribution in [-0.4, -0.2) is 20.2 Å². The maximum absolute atomic E-state index is 13.0. The first-order valence-electron chi connectivity index (χ1n) is 8.50. The van der Waals surface area contributed by atoms with Gasteiger partial charge in [0.25, 0.3) is 21.8 Å². The topological polar surface area (TPSA) is 104 Å². The van der Waals surface area contributed by atoms with E-state index in [1.54, 1.807) is 24.3 Å². The number of benzene rings is 3. The van der Waals surface area contributed by atoms with Crippen molar-refractivity contribution in [2.75, 3.05) is 4.72 Å². The molecule has 0 bridgehead atoms. The van der Waals surface area contributed by atoms with Crippen LogP contribution in [0.4, 0.5) is 10.1 Å². The second-order valence-corrected chi connectivity index (χ2v) is 8.56. The van der Waals surface area contributed by atoms with E-state index in [1.807, 2.05) is 0 Å². The molecule has 0 heterocycles. The lowest BCUT2D eigenvalue weighted by molar-refractivity contribution is 0.0846. The number of anilines is 1. The van der Waals surface area contributed by atoms with Gasteiger partial charge in [0.1, 0.15) is 5.82 Å². The van der Waals surface area contributed by atoms with Crippen molar-refractivity contribution in [3.05, 3.63) is 94.2 Å². The van der Waals surface area contributed by atoms with Crippen molar-refractivity contribution in [2.24, 2.45) is 0 Å². The summed E-state index contributed by atoms with van der Waals surface area (Å²) in [7, 11) is -3.90. The third-order valence-electron chi connectivity index (χ3n) is 3.93. The molecule has 0 aromatic heterocycles. The van der Waals surface area contributed by atoms with Gasteiger partial charge >= 0.3 is 0 Å². The Hall–Kier alpha value is -3.24. The molecule has 0 aliphatic heterocycles. The third-order valence-corrected chi connectivity index (χ3v) is 6.02. The molecule has 2 amide bonds. The Morgan fingerprint density at radius 1 is 0.800 bits per heavy atom. The number of hydrazine groups is 1. The van der Waals surface area contributed by atoms with Crippen LogP contribution >= 0.6 is 15.9 Å². The van der Waals surface area contributed by atoms with Crippen molar-refractivity contribution in [3.8, 4) is 0 Å². The summed E-state index contributed by atoms with van der Waals surface area (Å²) in [5, 5.41) is 0. The molecule has 0 aliphatic carbocycles. The quantitative estimate of drug-likeness (QED) is 0.475. The standard InChI is InChI=1S/C20H15BrFN3O4S/c21-18-4-2-1-3-17(18)20(27)24-23-19(26)13-5-9-15(10-6-13)25-30(28,29)16-11-7-14(22)8-12-16/h1-12,25H,(H,23,26)(H,24,27). The number of sulfonamides is 1. The molecular weight excluding hydrogens is 477 g/mol. The fourth-order valence-electron chi connectivity index (χ4n) is 2.42. The number of hydrogen-bond donors (Lipinski definition) is 3. The largest absolute Gasteiger partial charge is 0.280 e. The van der Waals surface area contributed by atoms with Crippen LogP contribution in [0.1, 0.15) is 20.7 Å². The summed E-state index contributed by atoms with van der Waals surface area (Å²) in [4.78, 5) is 24.2. The molecule has 0 spiro atoms. The molecule has 0 unspecified atom stereocenters. The fraction of sp³-hybridized carbons (Fsp3) is 0. The summed E-state index contributed by atoms with van der Waals surface area (Å²) in [5.74, 6) is -1.63. The van der Waals surface area contributed by atoms with E-state index in [9.17, 15) is 22.4 Å². The first kappa shape index (κ1) is 21.5. The number of halogens is 2. The lowest BCUT2D eigenvalue weighted by atomic mass is 10.2. The fourth-order valence-corrected chi connectivity index (χ4v) is 3.94. The molecule has 3 aromatic rings. The van der Waals surface area contributed by atoms with Crippen LogP contribution in [0.2, 0.25) is 0 Å². The van der Waals surface area contributed by atoms with Crippen LogP contribution in [0.25, 0.3) is 0 Å². The molecule has 3 aromatic carbocycles. The Bertz CT molecular complexity index is 1180. The average molecular weight is 492 g/mol. The molecule has 0 saturated carbocycles. The molecular formula is C20H15BrFN3O4S. The van der Waals surface area contributed by atoms with E-state index in [4.69, 9.17) is 0 Å². The van der Waals surface area contributed by atoms with E-state index in [1.165, 1.54) is 24.3 Å². The van der Waals surface area contributed by atoms with Gasteiger partial charge < -0.3 is 0 Å². The Kier molecular flexibility index (Phi) is 6.48. The van der Waals surface area contributed by atoms with Gasteiger partial charge in [0.05, 0.1) is 10.5 Å². The summed E-state index contributed by atoms with van der Waals surface area (Å²) >= 11 is 3.25. The van der Waals surface area contributed by atoms with Crippen molar-refractivity contribution in [3.63, 3.8) is 0 Å². The molecule has 0 radical (unpaired) electrons. The Morgan fingerprint density at radius 2 is 1.40 bits per heavy atom. The van der Waals surface area contributed by atoms with E-state index in [2.05, 4.69) is 31.5 Å². The van der Waals surface area contributed by atoms with E-state index in [0.29, 0.717) is 10.0 Å². The molecule has 0 fully saturated rings. The highest BCUT2D eigenvalue weighted by molar-refractivity contribution is 9.10. The SMILES string of the molecule is O=C(NNC(=O)c1ccccc1Br)c1ccc(NS(=O)(=O)c2ccc(F)cc2)cc1. The minimum atomic E-state index is -3.90. The van der Waals surface area contributed by atoms with Crippen LogP contribution in [0.15, 0.2) is 82.2 Å². The van der Waals surface area contributed by atoms with Crippen LogP contribution in [0, 0.1) is 5.82 Å². The summed E-state index contributed by atoms with van der Waals surface area (Å²) in [6, 6.07) is 16.7. The first-order chi connectivity index (χ1) is 14.3. The highest BCUT2D eigenvalue weighted by atomic mass is 79.9. The van der Waals surface area contributed by atoms with Crippen molar-refractivity contribution in [1.82, 2.24) is 10.9 Å². The monoisotopic (exact) mass is 491 g/mol. The zero-order valence-corrected chi connectivity index (χ0v) is 17.6. The van der Waals surface area contributed by atoms with Gasteiger partial charge in [-0.3, -0.25) is 25.2 Å². The van der Waals surface area contributed by atoms with E-state index in [-0.39, 0.29) is 16.1 Å². The second-order valence-electron chi connectivity index (χ2n) is 6.02. The molecule has 10 heteroatoms. The Morgan fingerprint density at radius 3 is 2.03 bits per heavy atom. The van der Waals surface area contributed by atoms with Gasteiger partial charge in [-0.15, -0.1) is 0 Å². The van der Waals surface area contributed by atoms with Gasteiger partial charge in [-0.05, 0) is 76.6 Å². The summed E-state index contributed by atoms with van der Waals surface area (Å²) in [5.41, 5.74) is 5.36. The van der Waals surface area contributed by atoms with Gasteiger partial charge in [-0.25, -0.2) is 12.8 Å². The molecule has 0 atom stereocenters. The number of carbonyl (C=O) groups is 2. The number of carbonyl (C=O) groups excluding carboxylic acids is 2. The van der Waals surface area contributed by atoms with Gasteiger partial charge in [-0.1, -0.05) is 12.1 Å². The van der Waals surface area contributed by atoms with Gasteiger partial charge in [0.2, 0.25) is 0 Å². The minimum Gasteiger partial charge on any atom is -0.280 e. The minimum absolute atomic E-state index is 0.0968. The van der Waals surface area contributed by atoms with Crippen molar-refractivity contribution in [2.45, 2.75) is 4.90 Å². The molecule has 7 nitrogen and oxygen atoms in total. The number of hydrogen-bond acceptors (Lipinski definition) is 4. The number of rotatable bonds is 5. The first-order valence-corrected chi connectivity index (χ1v) is 10.8. The van der Waals surface area contributed by atoms with Crippen LogP contribution in [-0.2, 0) is 10.0 Å². The van der Waals surface area contributed by atoms with Gasteiger partial charge in [0.15, 0.2) is 0 Å². The van der Waals surface area contributed by atoms with E-state index < -0.39 is 27.7 Å². The van der Waals surface area contributed by atoms with Crippen molar-refractivity contribution >= 4 is 43.5 Å². The van der Waals surface area contributed by atoms with Crippen LogP contribution < -0.4 is 15.6 Å². The summed E-state index contributed by atoms with van der Waals surface area (Å²) in [6.45, 7) is 0. The third kappa shape index (κ3) is 5.22. The van der Waals surface area contributed by atoms with Crippen LogP contribution in [0.3, 0.4) is 0 Å². The van der Waals surface area contributed by atoms with E-state index >= 15 is 0 Å². The highest BCUT2D eigenvalue weighted by Gasteiger charge is 2.15. The van der Waals surface area contributed by atoms with Crippen molar-refractivity contribution < 1.29 is 22.4 Å². The maximum Gasteiger partial charge on any atom is 0.270 e. The maximum atomic E-state index is 13.0. The average Bonchev–Trinajstić information content (AvgIpc) is 2.72. The molecule has 154 valence electrons. The zero-order valence-electron chi connectivity index (χ0n) is 15.2. The van der Waals surface area contributed by atoms with Crippen LogP contribution in [0.5, 0.6) is 0 Å². The highest BCUT2D eigenvalue weighted by Crippen LogP contribution is 2.17. The molecule has 30 heavy (non-hydrogen) atoms. The smallest absolute Gasteiger partial charge is 0.270 e. The number of nitrogens with one attached hydrogen (secondary N) is 3. The zero-order chi connectivity index (χ0) is 21.7. The Balaban J connectivity index is 1.62. The number of amides is 2. The summed E-state index contributed by atoms with van der Waals surface area (Å²) in [6.07, 6.45) is 0. The van der Waals surface area contributed by atoms with Gasteiger partial charge in [0, 0.05) is 15.7 Å². The predicted octanol–water partition coefficient (Wildman–Crippen LogP) is 3.46. The normalized spacial score (nSPS) is 10.9. The van der Waals surface area contributed by atoms with Gasteiger partial charge in [-0.2, -0.15) is 0 Å². The second kappa shape index (κ2) is 9.06.